The highest BCUT2D eigenvalue weighted by Crippen LogP contribution is 2.66. The van der Waals surface area contributed by atoms with Gasteiger partial charge in [-0.1, -0.05) is 58.5 Å². The summed E-state index contributed by atoms with van der Waals surface area (Å²) in [6.45, 7) is 16.1. The van der Waals surface area contributed by atoms with Crippen molar-refractivity contribution in [3.63, 3.8) is 0 Å². The van der Waals surface area contributed by atoms with E-state index in [1.807, 2.05) is 0 Å². The first-order chi connectivity index (χ1) is 7.76. The van der Waals surface area contributed by atoms with Crippen LogP contribution in [0.4, 0.5) is 0 Å². The molecule has 0 aromatic rings. The van der Waals surface area contributed by atoms with Crippen molar-refractivity contribution in [1.82, 2.24) is 0 Å². The summed E-state index contributed by atoms with van der Waals surface area (Å²) in [6.07, 6.45) is 6.93. The zero-order chi connectivity index (χ0) is 12.9. The Morgan fingerprint density at radius 2 is 1.29 bits per heavy atom. The van der Waals surface area contributed by atoms with E-state index in [0.717, 1.165) is 16.5 Å². The molecule has 1 heterocycles. The molecule has 1 spiro atoms. The van der Waals surface area contributed by atoms with Gasteiger partial charge < -0.3 is 0 Å². The van der Waals surface area contributed by atoms with Crippen LogP contribution in [0.1, 0.15) is 33.1 Å². The predicted molar refractivity (Wildman–Crippen MR) is 83.8 cm³/mol. The van der Waals surface area contributed by atoms with Crippen LogP contribution in [0.5, 0.6) is 0 Å². The molecule has 0 aromatic heterocycles. The average molecular weight is 268 g/mol. The second-order valence-corrected chi connectivity index (χ2v) is 18.7. The minimum absolute atomic E-state index is 0.813. The maximum absolute atomic E-state index is 2.72. The molecule has 1 saturated heterocycles. The van der Waals surface area contributed by atoms with Gasteiger partial charge >= 0.3 is 0 Å². The summed E-state index contributed by atoms with van der Waals surface area (Å²) in [6, 6.07) is 3.19. The van der Waals surface area contributed by atoms with E-state index in [2.05, 4.69) is 46.5 Å². The van der Waals surface area contributed by atoms with Crippen LogP contribution in [0.15, 0.2) is 0 Å². The Bertz CT molecular complexity index is 265. The number of hydrogen-bond donors (Lipinski definition) is 0. The maximum atomic E-state index is 2.72. The van der Waals surface area contributed by atoms with Gasteiger partial charge in [0.2, 0.25) is 0 Å². The van der Waals surface area contributed by atoms with E-state index in [0.29, 0.717) is 0 Å². The predicted octanol–water partition coefficient (Wildman–Crippen LogP) is 5.36. The second-order valence-electron chi connectivity index (χ2n) is 8.05. The van der Waals surface area contributed by atoms with Crippen molar-refractivity contribution in [2.75, 3.05) is 0 Å². The van der Waals surface area contributed by atoms with Crippen molar-refractivity contribution in [1.29, 1.82) is 0 Å². The molecule has 0 bridgehead atoms. The molecule has 17 heavy (non-hydrogen) atoms. The van der Waals surface area contributed by atoms with Gasteiger partial charge in [-0.15, -0.1) is 0 Å². The molecule has 2 heteroatoms. The zero-order valence-corrected chi connectivity index (χ0v) is 14.8. The Hall–Kier alpha value is 0.304. The summed E-state index contributed by atoms with van der Waals surface area (Å²) in [5, 5.41) is 0. The van der Waals surface area contributed by atoms with E-state index in [-0.39, 0.29) is 0 Å². The molecule has 1 saturated carbocycles. The molecular formula is C15H31Si2+. The smallest absolute Gasteiger partial charge is 0.0691 e. The quantitative estimate of drug-likeness (QED) is 0.409. The molecule has 1 aliphatic carbocycles. The fourth-order valence-corrected chi connectivity index (χ4v) is 23.6. The van der Waals surface area contributed by atoms with Gasteiger partial charge in [-0.2, -0.15) is 0 Å². The van der Waals surface area contributed by atoms with Gasteiger partial charge in [-0.25, -0.2) is 0 Å². The third kappa shape index (κ3) is 1.70. The van der Waals surface area contributed by atoms with Gasteiger partial charge in [0, 0.05) is 0 Å². The van der Waals surface area contributed by atoms with Crippen molar-refractivity contribution in [3.05, 3.63) is 6.42 Å². The Kier molecular flexibility index (Phi) is 3.36. The number of hydrogen-bond acceptors (Lipinski definition) is 0. The molecule has 2 rings (SSSR count). The average Bonchev–Trinajstić information content (AvgIpc) is 2.14. The van der Waals surface area contributed by atoms with Crippen LogP contribution in [-0.4, -0.2) is 16.1 Å². The van der Waals surface area contributed by atoms with Gasteiger partial charge in [0.25, 0.3) is 0 Å². The third-order valence-electron chi connectivity index (χ3n) is 6.44. The molecule has 2 fully saturated rings. The van der Waals surface area contributed by atoms with E-state index < -0.39 is 16.1 Å². The highest BCUT2D eigenvalue weighted by Gasteiger charge is 2.65. The molecule has 0 nitrogen and oxygen atoms in total. The molecule has 0 N–H and O–H groups in total. The van der Waals surface area contributed by atoms with Crippen molar-refractivity contribution < 1.29 is 0 Å². The fraction of sp³-hybridized carbons (Fsp3) is 0.933. The standard InChI is InChI=1S/C15H31Si2/c1-13-9-7-10-14(2)15(13)16(3,4)11-8-12-17(15,5)6/h7,13-14H,8-12H2,1-6H3/q+1. The molecule has 0 radical (unpaired) electrons. The fourth-order valence-electron chi connectivity index (χ4n) is 6.42. The van der Waals surface area contributed by atoms with Gasteiger partial charge in [0.1, 0.15) is 0 Å². The van der Waals surface area contributed by atoms with Crippen LogP contribution in [-0.2, 0) is 0 Å². The topological polar surface area (TPSA) is 0 Å². The van der Waals surface area contributed by atoms with E-state index >= 15 is 0 Å². The summed E-state index contributed by atoms with van der Waals surface area (Å²) >= 11 is 0. The third-order valence-corrected chi connectivity index (χ3v) is 20.2. The van der Waals surface area contributed by atoms with E-state index in [1.54, 1.807) is 18.5 Å². The highest BCUT2D eigenvalue weighted by molar-refractivity contribution is 7.01. The summed E-state index contributed by atoms with van der Waals surface area (Å²) in [5.41, 5.74) is 0. The summed E-state index contributed by atoms with van der Waals surface area (Å²) in [4.78, 5) is 0. The first-order valence-electron chi connectivity index (χ1n) is 7.57. The van der Waals surface area contributed by atoms with E-state index in [1.165, 1.54) is 12.8 Å². The SMILES string of the molecule is CC1C[CH+]CC(C)C12[Si](C)(C)CCC[Si]2(C)C. The van der Waals surface area contributed by atoms with Crippen LogP contribution < -0.4 is 0 Å². The Morgan fingerprint density at radius 3 is 1.71 bits per heavy atom. The van der Waals surface area contributed by atoms with Gasteiger partial charge in [-0.3, -0.25) is 0 Å². The maximum Gasteiger partial charge on any atom is 0.0900 e. The van der Waals surface area contributed by atoms with E-state index in [9.17, 15) is 0 Å². The Morgan fingerprint density at radius 1 is 0.882 bits per heavy atom. The molecule has 2 unspecified atom stereocenters. The minimum Gasteiger partial charge on any atom is -0.0691 e. The number of rotatable bonds is 0. The summed E-state index contributed by atoms with van der Waals surface area (Å²) in [5.74, 6) is 1.93. The second kappa shape index (κ2) is 4.16. The lowest BCUT2D eigenvalue weighted by molar-refractivity contribution is 0.286. The molecule has 98 valence electrons. The lowest BCUT2D eigenvalue weighted by Crippen LogP contribution is -2.66. The normalized spacial score (nSPS) is 38.7. The van der Waals surface area contributed by atoms with Crippen LogP contribution in [0, 0.1) is 18.3 Å². The largest absolute Gasteiger partial charge is 0.0900 e. The van der Waals surface area contributed by atoms with Crippen LogP contribution in [0.25, 0.3) is 0 Å². The molecule has 0 aromatic carbocycles. The Labute approximate surface area is 111 Å². The minimum atomic E-state index is -1.06. The highest BCUT2D eigenvalue weighted by atomic mass is 28.4. The molecule has 0 amide bonds. The van der Waals surface area contributed by atoms with Gasteiger partial charge in [0.15, 0.2) is 0 Å². The van der Waals surface area contributed by atoms with Crippen LogP contribution in [0.3, 0.4) is 0 Å². The molecule has 2 atom stereocenters. The van der Waals surface area contributed by atoms with E-state index in [4.69, 9.17) is 0 Å². The van der Waals surface area contributed by atoms with Crippen molar-refractivity contribution >= 4 is 16.1 Å². The molecule has 1 aliphatic heterocycles. The lowest BCUT2D eigenvalue weighted by atomic mass is 9.82. The monoisotopic (exact) mass is 267 g/mol. The van der Waals surface area contributed by atoms with Crippen molar-refractivity contribution in [2.45, 2.75) is 76.0 Å². The first kappa shape index (κ1) is 13.7. The summed E-state index contributed by atoms with van der Waals surface area (Å²) in [7, 11) is -2.12. The van der Waals surface area contributed by atoms with Gasteiger partial charge in [0.05, 0.1) is 35.4 Å². The van der Waals surface area contributed by atoms with Crippen molar-refractivity contribution in [2.24, 2.45) is 11.8 Å². The summed E-state index contributed by atoms with van der Waals surface area (Å²) < 4.78 is 0.813. The lowest BCUT2D eigenvalue weighted by Gasteiger charge is -2.64. The molecular weight excluding hydrogens is 236 g/mol. The molecule has 2 aliphatic rings. The first-order valence-corrected chi connectivity index (χ1v) is 14.0. The van der Waals surface area contributed by atoms with Crippen molar-refractivity contribution in [3.8, 4) is 0 Å². The van der Waals surface area contributed by atoms with Crippen LogP contribution in [0.2, 0.25) is 42.9 Å². The zero-order valence-electron chi connectivity index (χ0n) is 12.8. The van der Waals surface area contributed by atoms with Gasteiger partial charge in [-0.05, 0) is 16.5 Å². The van der Waals surface area contributed by atoms with Crippen LogP contribution >= 0.6 is 0 Å². The Balaban J connectivity index is 2.53.